The van der Waals surface area contributed by atoms with E-state index in [9.17, 15) is 4.79 Å². The van der Waals surface area contributed by atoms with Crippen molar-refractivity contribution in [3.8, 4) is 0 Å². The van der Waals surface area contributed by atoms with Crippen molar-refractivity contribution < 1.29 is 4.79 Å². The van der Waals surface area contributed by atoms with Crippen LogP contribution < -0.4 is 0 Å². The van der Waals surface area contributed by atoms with E-state index in [-0.39, 0.29) is 11.2 Å². The second-order valence-electron chi connectivity index (χ2n) is 3.93. The van der Waals surface area contributed by atoms with Gasteiger partial charge in [-0.1, -0.05) is 13.8 Å². The van der Waals surface area contributed by atoms with Gasteiger partial charge in [0.05, 0.1) is 5.71 Å². The third-order valence-electron chi connectivity index (χ3n) is 2.27. The second kappa shape index (κ2) is 2.76. The normalized spacial score (nSPS) is 27.5. The Morgan fingerprint density at radius 2 is 2.09 bits per heavy atom. The van der Waals surface area contributed by atoms with Crippen LogP contribution in [0.4, 0.5) is 0 Å². The smallest absolute Gasteiger partial charge is 0.177 e. The molecule has 0 bridgehead atoms. The first-order valence-corrected chi connectivity index (χ1v) is 4.04. The molecule has 0 aromatic carbocycles. The molecular weight excluding hydrogens is 138 g/mol. The number of hydrogen-bond donors (Lipinski definition) is 0. The number of carbonyl (C=O) groups is 1. The summed E-state index contributed by atoms with van der Waals surface area (Å²) in [5.74, 6) is 0.240. The Morgan fingerprint density at radius 3 is 2.55 bits per heavy atom. The Kier molecular flexibility index (Phi) is 2.12. The minimum absolute atomic E-state index is 0.200. The summed E-state index contributed by atoms with van der Waals surface area (Å²) in [7, 11) is 1.70. The van der Waals surface area contributed by atoms with Gasteiger partial charge >= 0.3 is 0 Å². The Hall–Kier alpha value is -0.660. The van der Waals surface area contributed by atoms with Crippen molar-refractivity contribution in [3.05, 3.63) is 0 Å². The zero-order valence-corrected chi connectivity index (χ0v) is 7.48. The Balaban J connectivity index is 2.70. The molecule has 0 aromatic heterocycles. The Morgan fingerprint density at radius 1 is 1.45 bits per heavy atom. The Labute approximate surface area is 67.7 Å². The van der Waals surface area contributed by atoms with Crippen LogP contribution in [0.5, 0.6) is 0 Å². The van der Waals surface area contributed by atoms with Crippen molar-refractivity contribution in [2.45, 2.75) is 33.1 Å². The first-order valence-electron chi connectivity index (χ1n) is 4.04. The van der Waals surface area contributed by atoms with Gasteiger partial charge in [-0.3, -0.25) is 9.79 Å². The molecule has 0 saturated heterocycles. The molecule has 0 unspecified atom stereocenters. The molecule has 1 aliphatic rings. The molecule has 2 nitrogen and oxygen atoms in total. The monoisotopic (exact) mass is 153 g/mol. The van der Waals surface area contributed by atoms with Gasteiger partial charge in [-0.25, -0.2) is 0 Å². The van der Waals surface area contributed by atoms with E-state index in [4.69, 9.17) is 0 Å². The third-order valence-corrected chi connectivity index (χ3v) is 2.27. The molecule has 0 radical (unpaired) electrons. The quantitative estimate of drug-likeness (QED) is 0.522. The number of ketones is 1. The SMILES string of the molecule is CN=C1CCC(C)(C)CC1=O. The van der Waals surface area contributed by atoms with Crippen LogP contribution in [0.25, 0.3) is 0 Å². The molecule has 1 saturated carbocycles. The average molecular weight is 153 g/mol. The van der Waals surface area contributed by atoms with Crippen LogP contribution in [-0.4, -0.2) is 18.5 Å². The highest BCUT2D eigenvalue weighted by atomic mass is 16.1. The van der Waals surface area contributed by atoms with Crippen LogP contribution in [-0.2, 0) is 4.79 Å². The van der Waals surface area contributed by atoms with E-state index in [1.165, 1.54) is 0 Å². The zero-order chi connectivity index (χ0) is 8.48. The van der Waals surface area contributed by atoms with Crippen LogP contribution in [0.15, 0.2) is 4.99 Å². The van der Waals surface area contributed by atoms with Crippen molar-refractivity contribution in [2.24, 2.45) is 10.4 Å². The topological polar surface area (TPSA) is 29.4 Å². The first kappa shape index (κ1) is 8.44. The van der Waals surface area contributed by atoms with E-state index in [2.05, 4.69) is 18.8 Å². The number of nitrogens with zero attached hydrogens (tertiary/aromatic N) is 1. The summed E-state index contributed by atoms with van der Waals surface area (Å²) < 4.78 is 0. The van der Waals surface area contributed by atoms with E-state index in [1.54, 1.807) is 7.05 Å². The van der Waals surface area contributed by atoms with Crippen LogP contribution in [0.3, 0.4) is 0 Å². The molecule has 0 spiro atoms. The number of aliphatic imine (C=N–C) groups is 1. The minimum atomic E-state index is 0.200. The van der Waals surface area contributed by atoms with Gasteiger partial charge in [0, 0.05) is 13.5 Å². The lowest BCUT2D eigenvalue weighted by Gasteiger charge is -2.28. The van der Waals surface area contributed by atoms with Crippen LogP contribution in [0.1, 0.15) is 33.1 Å². The minimum Gasteiger partial charge on any atom is -0.293 e. The van der Waals surface area contributed by atoms with Gasteiger partial charge in [-0.05, 0) is 18.3 Å². The third kappa shape index (κ3) is 1.88. The molecule has 11 heavy (non-hydrogen) atoms. The fourth-order valence-corrected chi connectivity index (χ4v) is 1.46. The molecule has 0 amide bonds. The number of rotatable bonds is 0. The van der Waals surface area contributed by atoms with Crippen molar-refractivity contribution in [1.82, 2.24) is 0 Å². The van der Waals surface area contributed by atoms with Crippen LogP contribution in [0, 0.1) is 5.41 Å². The van der Waals surface area contributed by atoms with Crippen LogP contribution >= 0.6 is 0 Å². The van der Waals surface area contributed by atoms with Gasteiger partial charge in [-0.2, -0.15) is 0 Å². The lowest BCUT2D eigenvalue weighted by molar-refractivity contribution is -0.115. The molecule has 0 aromatic rings. The highest BCUT2D eigenvalue weighted by Gasteiger charge is 2.29. The fourth-order valence-electron chi connectivity index (χ4n) is 1.46. The number of carbonyl (C=O) groups excluding carboxylic acids is 1. The summed E-state index contributed by atoms with van der Waals surface area (Å²) in [6.07, 6.45) is 2.62. The van der Waals surface area contributed by atoms with E-state index in [1.807, 2.05) is 0 Å². The lowest BCUT2D eigenvalue weighted by Crippen LogP contribution is -2.30. The molecule has 2 heteroatoms. The summed E-state index contributed by atoms with van der Waals surface area (Å²) in [6.45, 7) is 4.27. The Bertz CT molecular complexity index is 204. The van der Waals surface area contributed by atoms with Crippen LogP contribution in [0.2, 0.25) is 0 Å². The fraction of sp³-hybridized carbons (Fsp3) is 0.778. The summed E-state index contributed by atoms with van der Waals surface area (Å²) in [4.78, 5) is 15.3. The van der Waals surface area contributed by atoms with Crippen molar-refractivity contribution in [2.75, 3.05) is 7.05 Å². The maximum Gasteiger partial charge on any atom is 0.177 e. The lowest BCUT2D eigenvalue weighted by atomic mass is 9.76. The zero-order valence-electron chi connectivity index (χ0n) is 7.48. The molecule has 1 rings (SSSR count). The summed E-state index contributed by atoms with van der Waals surface area (Å²) in [5.41, 5.74) is 0.981. The summed E-state index contributed by atoms with van der Waals surface area (Å²) in [5, 5.41) is 0. The van der Waals surface area contributed by atoms with Gasteiger partial charge in [0.2, 0.25) is 0 Å². The standard InChI is InChI=1S/C9H15NO/c1-9(2)5-4-7(10-3)8(11)6-9/h4-6H2,1-3H3. The van der Waals surface area contributed by atoms with Crippen molar-refractivity contribution in [3.63, 3.8) is 0 Å². The summed E-state index contributed by atoms with van der Waals surface area (Å²) in [6, 6.07) is 0. The van der Waals surface area contributed by atoms with E-state index in [0.29, 0.717) is 6.42 Å². The van der Waals surface area contributed by atoms with Gasteiger partial charge < -0.3 is 0 Å². The average Bonchev–Trinajstić information content (AvgIpc) is 1.86. The van der Waals surface area contributed by atoms with Gasteiger partial charge in [-0.15, -0.1) is 0 Å². The predicted molar refractivity (Wildman–Crippen MR) is 46.0 cm³/mol. The molecule has 0 heterocycles. The molecule has 0 N–H and O–H groups in total. The number of hydrogen-bond acceptors (Lipinski definition) is 2. The van der Waals surface area contributed by atoms with Gasteiger partial charge in [0.1, 0.15) is 0 Å². The first-order chi connectivity index (χ1) is 5.05. The molecular formula is C9H15NO. The number of Topliss-reactive ketones (excluding diaryl/α,β-unsaturated/α-hetero) is 1. The molecule has 0 atom stereocenters. The second-order valence-corrected chi connectivity index (χ2v) is 3.93. The van der Waals surface area contributed by atoms with E-state index < -0.39 is 0 Å². The highest BCUT2D eigenvalue weighted by molar-refractivity contribution is 6.40. The maximum atomic E-state index is 11.3. The largest absolute Gasteiger partial charge is 0.293 e. The predicted octanol–water partition coefficient (Wildman–Crippen LogP) is 1.84. The molecule has 0 aliphatic heterocycles. The van der Waals surface area contributed by atoms with Gasteiger partial charge in [0.15, 0.2) is 5.78 Å². The molecule has 62 valence electrons. The van der Waals surface area contributed by atoms with Gasteiger partial charge in [0.25, 0.3) is 0 Å². The molecule has 1 fully saturated rings. The van der Waals surface area contributed by atoms with E-state index in [0.717, 1.165) is 18.6 Å². The van der Waals surface area contributed by atoms with E-state index >= 15 is 0 Å². The maximum absolute atomic E-state index is 11.3. The molecule has 1 aliphatic carbocycles. The van der Waals surface area contributed by atoms with Crippen molar-refractivity contribution >= 4 is 11.5 Å². The van der Waals surface area contributed by atoms with Crippen molar-refractivity contribution in [1.29, 1.82) is 0 Å². The summed E-state index contributed by atoms with van der Waals surface area (Å²) >= 11 is 0. The highest BCUT2D eigenvalue weighted by Crippen LogP contribution is 2.31.